The lowest BCUT2D eigenvalue weighted by molar-refractivity contribution is -0.941. The number of quaternary nitrogens is 2. The first-order chi connectivity index (χ1) is 32.3. The SMILES string of the molecule is COc1ccc(C2c3cc(OC)c(OC)cc3CC[N+]2(C)CCCOC(=O)C=CC(=O)OCCC[N+]2(C)CCc3cc(CO)c(CO)c(OC)c3C2Cc2ccc(CO)c(CO)c2)cc1OC. The number of carbonyl (C=O) groups excluding carboxylic acids is 2. The second-order valence-electron chi connectivity index (χ2n) is 17.7. The molecule has 15 nitrogen and oxygen atoms in total. The van der Waals surface area contributed by atoms with Gasteiger partial charge in [0.25, 0.3) is 0 Å². The van der Waals surface area contributed by atoms with Gasteiger partial charge in [-0.2, -0.15) is 0 Å². The van der Waals surface area contributed by atoms with Crippen LogP contribution >= 0.6 is 0 Å². The summed E-state index contributed by atoms with van der Waals surface area (Å²) >= 11 is 0. The molecule has 0 bridgehead atoms. The van der Waals surface area contributed by atoms with Gasteiger partial charge in [0.15, 0.2) is 23.0 Å². The highest BCUT2D eigenvalue weighted by Gasteiger charge is 2.43. The Morgan fingerprint density at radius 3 is 1.79 bits per heavy atom. The molecule has 4 N–H and O–H groups in total. The maximum atomic E-state index is 12.8. The monoisotopic (exact) mass is 928 g/mol. The normalized spacial score (nSPS) is 19.9. The van der Waals surface area contributed by atoms with E-state index in [-0.39, 0.29) is 51.7 Å². The molecule has 0 radical (unpaired) electrons. The number of nitrogens with zero attached hydrogens (tertiary/aromatic N) is 2. The largest absolute Gasteiger partial charge is 0.496 e. The van der Waals surface area contributed by atoms with Crippen molar-refractivity contribution >= 4 is 11.9 Å². The van der Waals surface area contributed by atoms with Crippen molar-refractivity contribution < 1.29 is 72.1 Å². The first kappa shape index (κ1) is 50.7. The molecular weight excluding hydrogens is 861 g/mol. The van der Waals surface area contributed by atoms with Crippen molar-refractivity contribution in [1.29, 1.82) is 0 Å². The molecule has 4 atom stereocenters. The first-order valence-electron chi connectivity index (χ1n) is 22.8. The summed E-state index contributed by atoms with van der Waals surface area (Å²) in [6.45, 7) is 2.23. The van der Waals surface area contributed by atoms with Crippen LogP contribution in [0.2, 0.25) is 0 Å². The minimum Gasteiger partial charge on any atom is -0.496 e. The fourth-order valence-electron chi connectivity index (χ4n) is 10.2. The molecule has 4 unspecified atom stereocenters. The zero-order valence-electron chi connectivity index (χ0n) is 40.0. The standard InChI is InChI=1S/C52H68N2O13/c1-53(20-17-36-26-40(32-57)42(33-58)52(65-7)50(36)43(53)25-34-10-11-38(30-55)39(24-34)31-56)18-8-22-66-48(59)14-15-49(60)67-23-9-19-54(2)21-16-35-27-46(63-5)47(64-6)29-41(35)51(54)37-12-13-44(61-3)45(28-37)62-4/h10-15,24,26-29,43,51,55-58H,8-9,16-23,25,30-33H2,1-7H3/q+2. The number of hydrogen-bond donors (Lipinski definition) is 4. The van der Waals surface area contributed by atoms with Crippen molar-refractivity contribution in [2.45, 2.75) is 70.6 Å². The average molecular weight is 929 g/mol. The molecule has 0 spiro atoms. The lowest BCUT2D eigenvalue weighted by Crippen LogP contribution is -2.53. The number of fused-ring (bicyclic) bond motifs is 2. The number of likely N-dealkylation sites (N-methyl/N-ethyl adjacent to an activating group) is 2. The van der Waals surface area contributed by atoms with Gasteiger partial charge in [-0.3, -0.25) is 0 Å². The van der Waals surface area contributed by atoms with Gasteiger partial charge in [0.2, 0.25) is 0 Å². The molecule has 0 saturated heterocycles. The van der Waals surface area contributed by atoms with E-state index in [4.69, 9.17) is 33.2 Å². The quantitative estimate of drug-likeness (QED) is 0.0350. The van der Waals surface area contributed by atoms with Gasteiger partial charge >= 0.3 is 11.9 Å². The van der Waals surface area contributed by atoms with Crippen LogP contribution in [0.5, 0.6) is 28.7 Å². The predicted molar refractivity (Wildman–Crippen MR) is 250 cm³/mol. The second kappa shape index (κ2) is 22.9. The van der Waals surface area contributed by atoms with E-state index in [1.54, 1.807) is 35.5 Å². The summed E-state index contributed by atoms with van der Waals surface area (Å²) in [4.78, 5) is 25.7. The van der Waals surface area contributed by atoms with E-state index in [9.17, 15) is 30.0 Å². The topological polar surface area (TPSA) is 180 Å². The van der Waals surface area contributed by atoms with Crippen molar-refractivity contribution in [2.24, 2.45) is 0 Å². The second-order valence-corrected chi connectivity index (χ2v) is 17.7. The molecule has 0 amide bonds. The van der Waals surface area contributed by atoms with Gasteiger partial charge in [-0.25, -0.2) is 9.59 Å². The van der Waals surface area contributed by atoms with Crippen molar-refractivity contribution in [2.75, 3.05) is 89.0 Å². The molecule has 15 heteroatoms. The molecule has 4 aromatic rings. The molecule has 2 heterocycles. The van der Waals surface area contributed by atoms with Gasteiger partial charge in [0.1, 0.15) is 17.8 Å². The number of rotatable bonds is 22. The highest BCUT2D eigenvalue weighted by Crippen LogP contribution is 2.47. The number of esters is 2. The number of ether oxygens (including phenoxy) is 7. The summed E-state index contributed by atoms with van der Waals surface area (Å²) < 4.78 is 40.9. The number of aliphatic hydroxyl groups is 4. The van der Waals surface area contributed by atoms with Crippen LogP contribution in [-0.2, 0) is 64.8 Å². The Labute approximate surface area is 393 Å². The molecule has 362 valence electrons. The average Bonchev–Trinajstić information content (AvgIpc) is 3.35. The highest BCUT2D eigenvalue weighted by atomic mass is 16.5. The Morgan fingerprint density at radius 1 is 0.612 bits per heavy atom. The summed E-state index contributed by atoms with van der Waals surface area (Å²) in [6, 6.07) is 17.5. The van der Waals surface area contributed by atoms with Gasteiger partial charge in [0, 0.05) is 60.9 Å². The number of benzene rings is 4. The van der Waals surface area contributed by atoms with Crippen LogP contribution in [0.3, 0.4) is 0 Å². The Hall–Kier alpha value is -5.68. The molecule has 2 aliphatic heterocycles. The smallest absolute Gasteiger partial charge is 0.331 e. The van der Waals surface area contributed by atoms with Gasteiger partial charge in [-0.1, -0.05) is 24.3 Å². The molecule has 0 fully saturated rings. The minimum atomic E-state index is -0.652. The fourth-order valence-corrected chi connectivity index (χ4v) is 10.2. The number of carbonyl (C=O) groups is 2. The van der Waals surface area contributed by atoms with Gasteiger partial charge < -0.3 is 62.6 Å². The Morgan fingerprint density at radius 2 is 1.19 bits per heavy atom. The van der Waals surface area contributed by atoms with Crippen LogP contribution in [0.4, 0.5) is 0 Å². The highest BCUT2D eigenvalue weighted by molar-refractivity contribution is 5.91. The summed E-state index contributed by atoms with van der Waals surface area (Å²) in [7, 11) is 12.4. The summed E-state index contributed by atoms with van der Waals surface area (Å²) in [5.41, 5.74) is 8.74. The van der Waals surface area contributed by atoms with Crippen LogP contribution < -0.4 is 23.7 Å². The molecule has 2 aliphatic rings. The lowest BCUT2D eigenvalue weighted by Gasteiger charge is -2.46. The van der Waals surface area contributed by atoms with Gasteiger partial charge in [-0.05, 0) is 63.7 Å². The number of methoxy groups -OCH3 is 5. The van der Waals surface area contributed by atoms with E-state index >= 15 is 0 Å². The zero-order chi connectivity index (χ0) is 48.3. The van der Waals surface area contributed by atoms with Crippen molar-refractivity contribution in [3.63, 3.8) is 0 Å². The number of aliphatic hydroxyl groups excluding tert-OH is 4. The van der Waals surface area contributed by atoms with Crippen LogP contribution in [-0.4, -0.2) is 130 Å². The van der Waals surface area contributed by atoms with Crippen molar-refractivity contribution in [1.82, 2.24) is 0 Å². The van der Waals surface area contributed by atoms with E-state index in [1.807, 2.05) is 42.5 Å². The minimum absolute atomic E-state index is 0.0955. The lowest BCUT2D eigenvalue weighted by atomic mass is 9.82. The molecule has 0 aliphatic carbocycles. The van der Waals surface area contributed by atoms with Gasteiger partial charge in [-0.15, -0.1) is 0 Å². The summed E-state index contributed by atoms with van der Waals surface area (Å²) in [6.07, 6.45) is 5.35. The van der Waals surface area contributed by atoms with E-state index < -0.39 is 11.9 Å². The predicted octanol–water partition coefficient (Wildman–Crippen LogP) is 5.20. The molecule has 0 saturated carbocycles. The van der Waals surface area contributed by atoms with E-state index in [0.29, 0.717) is 98.7 Å². The third-order valence-electron chi connectivity index (χ3n) is 13.8. The van der Waals surface area contributed by atoms with Gasteiger partial charge in [0.05, 0.1) is 121 Å². The van der Waals surface area contributed by atoms with E-state index in [0.717, 1.165) is 59.5 Å². The Bertz CT molecular complexity index is 2400. The fraction of sp³-hybridized carbons (Fsp3) is 0.462. The van der Waals surface area contributed by atoms with Crippen LogP contribution in [0.15, 0.2) is 66.7 Å². The molecular formula is C52H68N2O13+2. The molecule has 0 aromatic heterocycles. The zero-order valence-corrected chi connectivity index (χ0v) is 40.0. The van der Waals surface area contributed by atoms with Crippen molar-refractivity contribution in [3.05, 3.63) is 122 Å². The Kier molecular flexibility index (Phi) is 17.3. The summed E-state index contributed by atoms with van der Waals surface area (Å²) in [5.74, 6) is 1.84. The molecule has 4 aromatic carbocycles. The van der Waals surface area contributed by atoms with Crippen LogP contribution in [0, 0.1) is 0 Å². The maximum Gasteiger partial charge on any atom is 0.331 e. The van der Waals surface area contributed by atoms with E-state index in [2.05, 4.69) is 26.2 Å². The third-order valence-corrected chi connectivity index (χ3v) is 13.8. The number of hydrogen-bond acceptors (Lipinski definition) is 13. The Balaban J connectivity index is 1.07. The van der Waals surface area contributed by atoms with Crippen LogP contribution in [0.1, 0.15) is 80.6 Å². The third kappa shape index (κ3) is 11.2. The molecule has 6 rings (SSSR count). The van der Waals surface area contributed by atoms with Crippen LogP contribution in [0.25, 0.3) is 0 Å². The molecule has 67 heavy (non-hydrogen) atoms. The van der Waals surface area contributed by atoms with Crippen molar-refractivity contribution in [3.8, 4) is 28.7 Å². The van der Waals surface area contributed by atoms with E-state index in [1.165, 1.54) is 5.56 Å². The summed E-state index contributed by atoms with van der Waals surface area (Å²) in [5, 5.41) is 40.4. The maximum absolute atomic E-state index is 12.8. The first-order valence-corrected chi connectivity index (χ1v) is 22.8.